The highest BCUT2D eigenvalue weighted by Gasteiger charge is 2.25. The number of unbranched alkanes of at least 4 members (excludes halogenated alkanes) is 1. The third-order valence-electron chi connectivity index (χ3n) is 4.46. The molecule has 1 aromatic rings. The van der Waals surface area contributed by atoms with Gasteiger partial charge in [0.1, 0.15) is 11.9 Å². The van der Waals surface area contributed by atoms with E-state index in [9.17, 15) is 14.0 Å². The van der Waals surface area contributed by atoms with Crippen LogP contribution in [0.2, 0.25) is 0 Å². The molecule has 2 N–H and O–H groups in total. The van der Waals surface area contributed by atoms with Crippen LogP contribution in [0.1, 0.15) is 63.7 Å². The Morgan fingerprint density at radius 3 is 2.40 bits per heavy atom. The molecule has 0 aliphatic rings. The van der Waals surface area contributed by atoms with E-state index in [0.717, 1.165) is 25.7 Å². The number of hydrogen-bond donors (Lipinski definition) is 2. The second kappa shape index (κ2) is 10.9. The van der Waals surface area contributed by atoms with Crippen LogP contribution in [-0.4, -0.2) is 24.4 Å². The molecule has 0 bridgehead atoms. The Morgan fingerprint density at radius 2 is 1.84 bits per heavy atom. The zero-order valence-electron chi connectivity index (χ0n) is 15.8. The van der Waals surface area contributed by atoms with Gasteiger partial charge in [-0.15, -0.1) is 0 Å². The van der Waals surface area contributed by atoms with Crippen molar-refractivity contribution in [3.63, 3.8) is 0 Å². The average Bonchev–Trinajstić information content (AvgIpc) is 2.59. The largest absolute Gasteiger partial charge is 0.354 e. The Morgan fingerprint density at radius 1 is 1.16 bits per heavy atom. The summed E-state index contributed by atoms with van der Waals surface area (Å²) >= 11 is 0. The molecule has 4 nitrogen and oxygen atoms in total. The van der Waals surface area contributed by atoms with Gasteiger partial charge >= 0.3 is 0 Å². The molecular formula is C20H31FN2O2. The summed E-state index contributed by atoms with van der Waals surface area (Å²) in [5.41, 5.74) is -0.0460. The van der Waals surface area contributed by atoms with Gasteiger partial charge in [0.25, 0.3) is 5.91 Å². The second-order valence-corrected chi connectivity index (χ2v) is 6.84. The minimum atomic E-state index is -0.684. The van der Waals surface area contributed by atoms with Crippen LogP contribution in [0.3, 0.4) is 0 Å². The van der Waals surface area contributed by atoms with Gasteiger partial charge in [-0.2, -0.15) is 0 Å². The Balaban J connectivity index is 2.68. The molecule has 25 heavy (non-hydrogen) atoms. The topological polar surface area (TPSA) is 58.2 Å². The van der Waals surface area contributed by atoms with E-state index >= 15 is 0 Å². The van der Waals surface area contributed by atoms with Gasteiger partial charge in [-0.1, -0.05) is 59.1 Å². The highest BCUT2D eigenvalue weighted by atomic mass is 19.1. The molecule has 2 unspecified atom stereocenters. The first-order valence-corrected chi connectivity index (χ1v) is 9.23. The highest BCUT2D eigenvalue weighted by molar-refractivity contribution is 5.97. The molecule has 0 aromatic heterocycles. The highest BCUT2D eigenvalue weighted by Crippen LogP contribution is 2.12. The van der Waals surface area contributed by atoms with E-state index in [-0.39, 0.29) is 17.4 Å². The summed E-state index contributed by atoms with van der Waals surface area (Å²) in [6, 6.07) is 5.09. The molecule has 0 aliphatic carbocycles. The Labute approximate surface area is 150 Å². The summed E-state index contributed by atoms with van der Waals surface area (Å²) in [6.45, 7) is 8.60. The van der Waals surface area contributed by atoms with Crippen molar-refractivity contribution in [3.05, 3.63) is 35.6 Å². The second-order valence-electron chi connectivity index (χ2n) is 6.84. The fourth-order valence-electron chi connectivity index (χ4n) is 2.70. The van der Waals surface area contributed by atoms with E-state index in [1.807, 2.05) is 13.8 Å². The van der Waals surface area contributed by atoms with Gasteiger partial charge in [0.2, 0.25) is 5.91 Å². The molecule has 0 aliphatic heterocycles. The number of carbonyl (C=O) groups excluding carboxylic acids is 2. The van der Waals surface area contributed by atoms with Crippen molar-refractivity contribution in [2.75, 3.05) is 6.54 Å². The number of carbonyl (C=O) groups is 2. The smallest absolute Gasteiger partial charge is 0.254 e. The fourth-order valence-corrected chi connectivity index (χ4v) is 2.70. The molecule has 0 fully saturated rings. The van der Waals surface area contributed by atoms with Crippen LogP contribution in [0, 0.1) is 17.7 Å². The molecular weight excluding hydrogens is 319 g/mol. The maximum absolute atomic E-state index is 13.7. The molecule has 1 rings (SSSR count). The van der Waals surface area contributed by atoms with Gasteiger partial charge in [-0.05, 0) is 30.4 Å². The number of amides is 2. The maximum Gasteiger partial charge on any atom is 0.254 e. The first-order valence-electron chi connectivity index (χ1n) is 9.23. The third kappa shape index (κ3) is 6.85. The van der Waals surface area contributed by atoms with Crippen LogP contribution in [0.15, 0.2) is 24.3 Å². The molecule has 0 radical (unpaired) electrons. The molecule has 0 saturated heterocycles. The number of hydrogen-bond acceptors (Lipinski definition) is 2. The monoisotopic (exact) mass is 350 g/mol. The molecule has 2 atom stereocenters. The normalized spacial score (nSPS) is 13.4. The zero-order valence-corrected chi connectivity index (χ0v) is 15.8. The lowest BCUT2D eigenvalue weighted by molar-refractivity contribution is -0.124. The van der Waals surface area contributed by atoms with Crippen LogP contribution < -0.4 is 10.6 Å². The van der Waals surface area contributed by atoms with Gasteiger partial charge in [0.15, 0.2) is 0 Å². The number of rotatable bonds is 10. The van der Waals surface area contributed by atoms with Crippen molar-refractivity contribution in [2.24, 2.45) is 11.8 Å². The van der Waals surface area contributed by atoms with Crippen molar-refractivity contribution in [3.8, 4) is 0 Å². The lowest BCUT2D eigenvalue weighted by atomic mass is 9.98. The van der Waals surface area contributed by atoms with E-state index in [1.54, 1.807) is 6.07 Å². The summed E-state index contributed by atoms with van der Waals surface area (Å²) in [5.74, 6) is -1.02. The quantitative estimate of drug-likeness (QED) is 0.672. The lowest BCUT2D eigenvalue weighted by Gasteiger charge is -2.23. The molecule has 140 valence electrons. The molecule has 5 heteroatoms. The standard InChI is InChI=1S/C20H31FN2O2/c1-5-7-10-15(6-2)13-22-20(25)18(14(3)4)23-19(24)16-11-8-9-12-17(16)21/h8-9,11-12,14-15,18H,5-7,10,13H2,1-4H3,(H,22,25)(H,23,24). The van der Waals surface area contributed by atoms with Crippen LogP contribution in [0.4, 0.5) is 4.39 Å². The van der Waals surface area contributed by atoms with E-state index in [1.165, 1.54) is 18.2 Å². The van der Waals surface area contributed by atoms with E-state index < -0.39 is 17.8 Å². The van der Waals surface area contributed by atoms with Crippen LogP contribution in [0.25, 0.3) is 0 Å². The van der Waals surface area contributed by atoms with E-state index in [2.05, 4.69) is 24.5 Å². The lowest BCUT2D eigenvalue weighted by Crippen LogP contribution is -2.50. The Kier molecular flexibility index (Phi) is 9.17. The van der Waals surface area contributed by atoms with Crippen molar-refractivity contribution >= 4 is 11.8 Å². The van der Waals surface area contributed by atoms with E-state index in [0.29, 0.717) is 12.5 Å². The first-order chi connectivity index (χ1) is 11.9. The number of benzene rings is 1. The average molecular weight is 350 g/mol. The Hall–Kier alpha value is -1.91. The number of nitrogens with one attached hydrogen (secondary N) is 2. The molecule has 2 amide bonds. The molecule has 0 spiro atoms. The SMILES string of the molecule is CCCCC(CC)CNC(=O)C(NC(=O)c1ccccc1F)C(C)C. The summed E-state index contributed by atoms with van der Waals surface area (Å²) in [7, 11) is 0. The van der Waals surface area contributed by atoms with Crippen LogP contribution >= 0.6 is 0 Å². The van der Waals surface area contributed by atoms with E-state index in [4.69, 9.17) is 0 Å². The Bertz CT molecular complexity index is 560. The van der Waals surface area contributed by atoms with Gasteiger partial charge in [-0.25, -0.2) is 4.39 Å². The maximum atomic E-state index is 13.7. The predicted molar refractivity (Wildman–Crippen MR) is 98.8 cm³/mol. The van der Waals surface area contributed by atoms with Gasteiger partial charge in [-0.3, -0.25) is 9.59 Å². The van der Waals surface area contributed by atoms with Crippen molar-refractivity contribution < 1.29 is 14.0 Å². The van der Waals surface area contributed by atoms with Crippen molar-refractivity contribution in [1.29, 1.82) is 0 Å². The van der Waals surface area contributed by atoms with Crippen LogP contribution in [0.5, 0.6) is 0 Å². The molecule has 0 saturated carbocycles. The molecule has 1 aromatic carbocycles. The van der Waals surface area contributed by atoms with Crippen molar-refractivity contribution in [1.82, 2.24) is 10.6 Å². The summed E-state index contributed by atoms with van der Waals surface area (Å²) in [5, 5.41) is 5.62. The summed E-state index contributed by atoms with van der Waals surface area (Å²) in [6.07, 6.45) is 4.37. The van der Waals surface area contributed by atoms with Crippen molar-refractivity contribution in [2.45, 2.75) is 59.4 Å². The van der Waals surface area contributed by atoms with Gasteiger partial charge in [0.05, 0.1) is 5.56 Å². The summed E-state index contributed by atoms with van der Waals surface area (Å²) < 4.78 is 13.7. The first kappa shape index (κ1) is 21.1. The molecule has 0 heterocycles. The van der Waals surface area contributed by atoms with Gasteiger partial charge < -0.3 is 10.6 Å². The number of halogens is 1. The van der Waals surface area contributed by atoms with Crippen LogP contribution in [-0.2, 0) is 4.79 Å². The minimum absolute atomic E-state index is 0.0460. The zero-order chi connectivity index (χ0) is 18.8. The third-order valence-corrected chi connectivity index (χ3v) is 4.46. The fraction of sp³-hybridized carbons (Fsp3) is 0.600. The predicted octanol–water partition coefficient (Wildman–Crippen LogP) is 3.91. The summed E-state index contributed by atoms with van der Waals surface area (Å²) in [4.78, 5) is 24.8. The minimum Gasteiger partial charge on any atom is -0.354 e. The van der Waals surface area contributed by atoms with Gasteiger partial charge in [0, 0.05) is 6.54 Å².